The number of aliphatic hydroxyl groups is 1. The summed E-state index contributed by atoms with van der Waals surface area (Å²) in [6, 6.07) is 37.6. The number of urea groups is 1. The Morgan fingerprint density at radius 2 is 1.25 bits per heavy atom. The zero-order chi connectivity index (χ0) is 35.5. The summed E-state index contributed by atoms with van der Waals surface area (Å²) in [5.41, 5.74) is 6.48. The van der Waals surface area contributed by atoms with Crippen molar-refractivity contribution >= 4 is 6.03 Å². The number of rotatable bonds is 12. The van der Waals surface area contributed by atoms with Crippen molar-refractivity contribution in [3.8, 4) is 0 Å². The Morgan fingerprint density at radius 3 is 1.81 bits per heavy atom. The SMILES string of the molecule is C[C@@H]1[C@H](CN(Cc2ccccc2)Cc2ccccc2)O[C@H](c2ccc(CNC(=O)NC34CC5CC(CC(C5)C3)C4)cc2)O[C@@H]1c1ccc(CO)cc1. The van der Waals surface area contributed by atoms with Crippen molar-refractivity contribution in [3.63, 3.8) is 0 Å². The highest BCUT2D eigenvalue weighted by Crippen LogP contribution is 2.55. The number of ether oxygens (including phenoxy) is 2. The molecule has 7 nitrogen and oxygen atoms in total. The fraction of sp³-hybridized carbons (Fsp3) is 0.444. The summed E-state index contributed by atoms with van der Waals surface area (Å²) in [5.74, 6) is 2.45. The van der Waals surface area contributed by atoms with Gasteiger partial charge in [-0.2, -0.15) is 0 Å². The van der Waals surface area contributed by atoms with E-state index in [1.807, 2.05) is 12.1 Å². The van der Waals surface area contributed by atoms with Gasteiger partial charge in [-0.05, 0) is 84.1 Å². The van der Waals surface area contributed by atoms with Gasteiger partial charge in [-0.15, -0.1) is 0 Å². The van der Waals surface area contributed by atoms with Gasteiger partial charge in [0.05, 0.1) is 18.8 Å². The molecule has 1 aliphatic heterocycles. The van der Waals surface area contributed by atoms with E-state index >= 15 is 0 Å². The van der Waals surface area contributed by atoms with Gasteiger partial charge in [0, 0.05) is 43.2 Å². The number of amides is 2. The van der Waals surface area contributed by atoms with Gasteiger partial charge < -0.3 is 25.2 Å². The first-order valence-corrected chi connectivity index (χ1v) is 19.4. The Kier molecular flexibility index (Phi) is 10.5. The van der Waals surface area contributed by atoms with E-state index in [1.165, 1.54) is 30.4 Å². The van der Waals surface area contributed by atoms with E-state index in [-0.39, 0.29) is 36.3 Å². The van der Waals surface area contributed by atoms with Gasteiger partial charge in [0.2, 0.25) is 0 Å². The molecule has 4 aliphatic carbocycles. The minimum Gasteiger partial charge on any atom is -0.392 e. The minimum absolute atomic E-state index is 0.00123. The molecule has 7 heteroatoms. The third kappa shape index (κ3) is 8.13. The molecule has 0 aromatic heterocycles. The van der Waals surface area contributed by atoms with Crippen LogP contribution in [0.4, 0.5) is 4.79 Å². The van der Waals surface area contributed by atoms with Gasteiger partial charge in [-0.25, -0.2) is 4.79 Å². The molecule has 3 N–H and O–H groups in total. The van der Waals surface area contributed by atoms with Crippen LogP contribution in [0, 0.1) is 23.7 Å². The number of aliphatic hydroxyl groups excluding tert-OH is 1. The summed E-state index contributed by atoms with van der Waals surface area (Å²) in [6.07, 6.45) is 6.66. The lowest BCUT2D eigenvalue weighted by atomic mass is 9.53. The van der Waals surface area contributed by atoms with Crippen molar-refractivity contribution < 1.29 is 19.4 Å². The Morgan fingerprint density at radius 1 is 0.712 bits per heavy atom. The van der Waals surface area contributed by atoms with Gasteiger partial charge in [0.15, 0.2) is 6.29 Å². The van der Waals surface area contributed by atoms with Crippen molar-refractivity contribution in [3.05, 3.63) is 143 Å². The maximum Gasteiger partial charge on any atom is 0.315 e. The van der Waals surface area contributed by atoms with Crippen molar-refractivity contribution in [1.82, 2.24) is 15.5 Å². The quantitative estimate of drug-likeness (QED) is 0.138. The molecule has 1 saturated heterocycles. The molecule has 2 amide bonds. The molecule has 4 atom stereocenters. The third-order valence-corrected chi connectivity index (χ3v) is 12.2. The molecule has 4 aromatic rings. The van der Waals surface area contributed by atoms with E-state index in [0.717, 1.165) is 78.9 Å². The molecule has 5 fully saturated rings. The van der Waals surface area contributed by atoms with Crippen LogP contribution in [0.1, 0.15) is 91.2 Å². The van der Waals surface area contributed by atoms with Crippen LogP contribution in [0.5, 0.6) is 0 Å². The van der Waals surface area contributed by atoms with Gasteiger partial charge in [0.25, 0.3) is 0 Å². The second-order valence-electron chi connectivity index (χ2n) is 16.2. The molecule has 272 valence electrons. The summed E-state index contributed by atoms with van der Waals surface area (Å²) in [7, 11) is 0. The molecule has 0 spiro atoms. The van der Waals surface area contributed by atoms with E-state index in [0.29, 0.717) is 6.54 Å². The summed E-state index contributed by atoms with van der Waals surface area (Å²) in [5, 5.41) is 16.3. The number of carbonyl (C=O) groups is 1. The first-order valence-electron chi connectivity index (χ1n) is 19.4. The van der Waals surface area contributed by atoms with Crippen LogP contribution < -0.4 is 10.6 Å². The normalized spacial score (nSPS) is 29.2. The maximum atomic E-state index is 13.1. The number of carbonyl (C=O) groups excluding carboxylic acids is 1. The molecule has 4 saturated carbocycles. The molecular formula is C45H53N3O4. The van der Waals surface area contributed by atoms with E-state index < -0.39 is 6.29 Å². The lowest BCUT2D eigenvalue weighted by Crippen LogP contribution is -2.61. The average Bonchev–Trinajstić information content (AvgIpc) is 3.15. The second-order valence-corrected chi connectivity index (χ2v) is 16.2. The Labute approximate surface area is 308 Å². The number of hydrogen-bond donors (Lipinski definition) is 3. The predicted octanol–water partition coefficient (Wildman–Crippen LogP) is 8.44. The van der Waals surface area contributed by atoms with Crippen molar-refractivity contribution in [2.24, 2.45) is 23.7 Å². The number of hydrogen-bond acceptors (Lipinski definition) is 5. The van der Waals surface area contributed by atoms with Gasteiger partial charge in [-0.3, -0.25) is 4.90 Å². The first kappa shape index (κ1) is 35.0. The Bertz CT molecular complexity index is 1690. The fourth-order valence-corrected chi connectivity index (χ4v) is 9.97. The van der Waals surface area contributed by atoms with Crippen molar-refractivity contribution in [1.29, 1.82) is 0 Å². The maximum absolute atomic E-state index is 13.1. The number of nitrogens with one attached hydrogen (secondary N) is 2. The van der Waals surface area contributed by atoms with Crippen LogP contribution in [0.25, 0.3) is 0 Å². The van der Waals surface area contributed by atoms with Crippen molar-refractivity contribution in [2.45, 2.75) is 95.7 Å². The highest BCUT2D eigenvalue weighted by Gasteiger charge is 2.51. The standard InChI is InChI=1S/C45H53N3O4/c1-31-41(29-48(27-33-8-4-2-5-9-33)28-34-10-6-3-7-11-34)51-43(52-42(31)39-16-14-35(30-49)15-17-39)40-18-12-32(13-19-40)26-46-44(50)47-45-23-36-20-37(24-45)22-38(21-36)25-45/h2-19,31,36-38,41-43,49H,20-30H2,1H3,(H2,46,47,50)/t31-,36?,37?,38?,41+,42+,43+,45?/m1/s1. The fourth-order valence-electron chi connectivity index (χ4n) is 9.97. The van der Waals surface area contributed by atoms with E-state index in [1.54, 1.807) is 0 Å². The highest BCUT2D eigenvalue weighted by atomic mass is 16.7. The molecule has 0 radical (unpaired) electrons. The van der Waals surface area contributed by atoms with Crippen LogP contribution in [-0.2, 0) is 35.7 Å². The van der Waals surface area contributed by atoms with E-state index in [4.69, 9.17) is 9.47 Å². The smallest absolute Gasteiger partial charge is 0.315 e. The van der Waals surface area contributed by atoms with Crippen molar-refractivity contribution in [2.75, 3.05) is 6.54 Å². The lowest BCUT2D eigenvalue weighted by Gasteiger charge is -2.56. The average molecular weight is 700 g/mol. The molecule has 4 aromatic carbocycles. The van der Waals surface area contributed by atoms with E-state index in [2.05, 4.69) is 120 Å². The second kappa shape index (κ2) is 15.5. The lowest BCUT2D eigenvalue weighted by molar-refractivity contribution is -0.276. The van der Waals surface area contributed by atoms with Crippen LogP contribution in [0.2, 0.25) is 0 Å². The predicted molar refractivity (Wildman–Crippen MR) is 203 cm³/mol. The van der Waals surface area contributed by atoms with Crippen LogP contribution in [0.3, 0.4) is 0 Å². The van der Waals surface area contributed by atoms with Gasteiger partial charge in [-0.1, -0.05) is 116 Å². The molecule has 4 bridgehead atoms. The molecule has 1 heterocycles. The molecular weight excluding hydrogens is 647 g/mol. The Balaban J connectivity index is 0.969. The summed E-state index contributed by atoms with van der Waals surface area (Å²) in [4.78, 5) is 15.6. The van der Waals surface area contributed by atoms with E-state index in [9.17, 15) is 9.90 Å². The summed E-state index contributed by atoms with van der Waals surface area (Å²) < 4.78 is 13.7. The largest absolute Gasteiger partial charge is 0.392 e. The number of benzene rings is 4. The summed E-state index contributed by atoms with van der Waals surface area (Å²) >= 11 is 0. The highest BCUT2D eigenvalue weighted by molar-refractivity contribution is 5.75. The van der Waals surface area contributed by atoms with Gasteiger partial charge >= 0.3 is 6.03 Å². The number of nitrogens with zero attached hydrogens (tertiary/aromatic N) is 1. The van der Waals surface area contributed by atoms with Crippen LogP contribution in [0.15, 0.2) is 109 Å². The molecule has 52 heavy (non-hydrogen) atoms. The third-order valence-electron chi connectivity index (χ3n) is 12.2. The van der Waals surface area contributed by atoms with Crippen LogP contribution in [-0.4, -0.2) is 34.2 Å². The molecule has 0 unspecified atom stereocenters. The van der Waals surface area contributed by atoms with Crippen LogP contribution >= 0.6 is 0 Å². The first-order chi connectivity index (χ1) is 25.4. The minimum atomic E-state index is -0.555. The summed E-state index contributed by atoms with van der Waals surface area (Å²) in [6.45, 7) is 5.05. The topological polar surface area (TPSA) is 83.1 Å². The molecule has 5 aliphatic rings. The zero-order valence-electron chi connectivity index (χ0n) is 30.3. The zero-order valence-corrected chi connectivity index (χ0v) is 30.3. The monoisotopic (exact) mass is 699 g/mol. The molecule has 9 rings (SSSR count). The van der Waals surface area contributed by atoms with Gasteiger partial charge in [0.1, 0.15) is 0 Å². The Hall–Kier alpha value is -4.01.